The molecule has 1 heterocycles. The van der Waals surface area contributed by atoms with Gasteiger partial charge in [-0.05, 0) is 70.1 Å². The van der Waals surface area contributed by atoms with E-state index in [0.29, 0.717) is 18.6 Å². The summed E-state index contributed by atoms with van der Waals surface area (Å²) in [5.74, 6) is -3.02. The van der Waals surface area contributed by atoms with Crippen molar-refractivity contribution in [2.45, 2.75) is 114 Å². The zero-order valence-electron chi connectivity index (χ0n) is 28.3. The number of nitrogens with zero attached hydrogens (tertiary/aromatic N) is 1. The summed E-state index contributed by atoms with van der Waals surface area (Å²) in [5.41, 5.74) is -6.70. The minimum atomic E-state index is -2.32. The van der Waals surface area contributed by atoms with Crippen LogP contribution in [0, 0.1) is 22.7 Å². The van der Waals surface area contributed by atoms with E-state index in [1.54, 1.807) is 6.92 Å². The van der Waals surface area contributed by atoms with Crippen molar-refractivity contribution >= 4 is 45.2 Å². The second-order valence-corrected chi connectivity index (χ2v) is 18.0. The van der Waals surface area contributed by atoms with Gasteiger partial charge in [-0.25, -0.2) is 13.6 Å². The second-order valence-electron chi connectivity index (χ2n) is 14.9. The first-order valence-electron chi connectivity index (χ1n) is 16.6. The number of alkyl halides is 2. The van der Waals surface area contributed by atoms with Crippen molar-refractivity contribution in [3.63, 3.8) is 0 Å². The number of carbonyl (C=O) groups excluding carboxylic acids is 3. The van der Waals surface area contributed by atoms with E-state index < -0.39 is 93.6 Å². The van der Waals surface area contributed by atoms with Crippen LogP contribution in [0.5, 0.6) is 0 Å². The molecule has 268 valence electrons. The molecule has 14 heteroatoms. The van der Waals surface area contributed by atoms with Crippen LogP contribution < -0.4 is 0 Å². The predicted octanol–water partition coefficient (Wildman–Crippen LogP) is 5.47. The molecule has 4 fully saturated rings. The Morgan fingerprint density at radius 1 is 1.21 bits per heavy atom. The molecule has 1 saturated heterocycles. The van der Waals surface area contributed by atoms with Crippen LogP contribution in [0.25, 0.3) is 0 Å². The Balaban J connectivity index is 1.34. The van der Waals surface area contributed by atoms with Crippen LogP contribution in [0.4, 0.5) is 13.6 Å². The van der Waals surface area contributed by atoms with Crippen LogP contribution in [0.15, 0.2) is 23.8 Å². The number of aliphatic hydroxyl groups excluding tert-OH is 1. The topological polar surface area (TPSA) is 140 Å². The lowest BCUT2D eigenvalue weighted by Crippen LogP contribution is -2.71. The van der Waals surface area contributed by atoms with Crippen molar-refractivity contribution in [2.24, 2.45) is 22.7 Å². The average Bonchev–Trinajstić information content (AvgIpc) is 3.48. The molecule has 0 bridgehead atoms. The Hall–Kier alpha value is -2.00. The molecule has 0 aromatic rings. The molecule has 48 heavy (non-hydrogen) atoms. The highest BCUT2D eigenvalue weighted by Crippen LogP contribution is 2.72. The molecular formula is C34H47F2NO9S2. The lowest BCUT2D eigenvalue weighted by atomic mass is 9.44. The minimum absolute atomic E-state index is 0.00795. The van der Waals surface area contributed by atoms with Crippen LogP contribution >= 0.6 is 21.6 Å². The number of allylic oxidation sites excluding steroid dienone is 4. The fraction of sp³-hybridized carbons (Fsp3) is 0.765. The summed E-state index contributed by atoms with van der Waals surface area (Å²) >= 11 is 0. The molecule has 0 aromatic heterocycles. The number of ether oxygens (including phenoxy) is 3. The largest absolute Gasteiger partial charge is 0.481 e. The molecule has 1 unspecified atom stereocenters. The van der Waals surface area contributed by atoms with E-state index in [-0.39, 0.29) is 37.8 Å². The summed E-state index contributed by atoms with van der Waals surface area (Å²) < 4.78 is 51.3. The maximum atomic E-state index is 17.6. The Kier molecular flexibility index (Phi) is 10.3. The summed E-state index contributed by atoms with van der Waals surface area (Å²) in [7, 11) is 4.38. The van der Waals surface area contributed by atoms with Gasteiger partial charge in [0.15, 0.2) is 29.9 Å². The van der Waals surface area contributed by atoms with Crippen molar-refractivity contribution in [3.05, 3.63) is 23.8 Å². The normalized spacial score (nSPS) is 39.9. The van der Waals surface area contributed by atoms with Gasteiger partial charge in [-0.3, -0.25) is 14.4 Å². The Labute approximate surface area is 288 Å². The third kappa shape index (κ3) is 5.94. The van der Waals surface area contributed by atoms with Gasteiger partial charge in [-0.15, -0.1) is 0 Å². The maximum Gasteiger partial charge on any atom is 0.409 e. The van der Waals surface area contributed by atoms with Crippen molar-refractivity contribution in [1.29, 1.82) is 0 Å². The van der Waals surface area contributed by atoms with E-state index in [1.165, 1.54) is 52.6 Å². The highest BCUT2D eigenvalue weighted by Gasteiger charge is 2.80. The lowest BCUT2D eigenvalue weighted by Gasteiger charge is -2.63. The number of amides is 1. The summed E-state index contributed by atoms with van der Waals surface area (Å²) in [6, 6.07) is 0. The smallest absolute Gasteiger partial charge is 0.409 e. The molecule has 10 atom stereocenters. The predicted molar refractivity (Wildman–Crippen MR) is 177 cm³/mol. The van der Waals surface area contributed by atoms with Crippen LogP contribution in [-0.4, -0.2) is 105 Å². The summed E-state index contributed by atoms with van der Waals surface area (Å²) in [4.78, 5) is 51.8. The number of carbonyl (C=O) groups is 4. The van der Waals surface area contributed by atoms with Crippen LogP contribution in [-0.2, 0) is 28.6 Å². The highest BCUT2D eigenvalue weighted by atomic mass is 33.1. The van der Waals surface area contributed by atoms with E-state index in [1.807, 2.05) is 20.8 Å². The lowest BCUT2D eigenvalue weighted by molar-refractivity contribution is -0.234. The Morgan fingerprint density at radius 2 is 1.92 bits per heavy atom. The third-order valence-corrected chi connectivity index (χ3v) is 14.6. The van der Waals surface area contributed by atoms with Crippen LogP contribution in [0.2, 0.25) is 0 Å². The zero-order valence-corrected chi connectivity index (χ0v) is 30.0. The summed E-state index contributed by atoms with van der Waals surface area (Å²) in [6.45, 7) is 8.54. The summed E-state index contributed by atoms with van der Waals surface area (Å²) in [5, 5.41) is 20.8. The molecule has 10 nitrogen and oxygen atoms in total. The number of fused-ring (bicyclic) bond motifs is 7. The molecular weight excluding hydrogens is 669 g/mol. The molecule has 5 rings (SSSR count). The first-order chi connectivity index (χ1) is 22.4. The number of Topliss-reactive ketones (excluding diaryl/α,β-unsaturated/α-hetero) is 1. The van der Waals surface area contributed by atoms with Gasteiger partial charge in [-0.1, -0.05) is 47.9 Å². The van der Waals surface area contributed by atoms with Gasteiger partial charge in [-0.2, -0.15) is 0 Å². The number of hydrogen-bond donors (Lipinski definition) is 2. The van der Waals surface area contributed by atoms with Crippen LogP contribution in [0.1, 0.15) is 73.1 Å². The molecule has 4 aliphatic carbocycles. The fourth-order valence-corrected chi connectivity index (χ4v) is 11.6. The monoisotopic (exact) mass is 715 g/mol. The van der Waals surface area contributed by atoms with E-state index in [9.17, 15) is 24.3 Å². The molecule has 1 amide bonds. The number of aliphatic carboxylic acids is 1. The van der Waals surface area contributed by atoms with E-state index in [4.69, 9.17) is 19.3 Å². The van der Waals surface area contributed by atoms with Gasteiger partial charge < -0.3 is 29.3 Å². The maximum absolute atomic E-state index is 17.6. The molecule has 3 saturated carbocycles. The third-order valence-electron chi connectivity index (χ3n) is 11.4. The molecule has 1 aliphatic heterocycles. The first-order valence-corrected chi connectivity index (χ1v) is 18.9. The number of carboxylic acids is 1. The molecule has 0 radical (unpaired) electrons. The van der Waals surface area contributed by atoms with Gasteiger partial charge in [0.05, 0.1) is 18.6 Å². The first kappa shape index (κ1) is 37.3. The molecule has 2 N–H and O–H groups in total. The van der Waals surface area contributed by atoms with Crippen molar-refractivity contribution in [1.82, 2.24) is 4.90 Å². The van der Waals surface area contributed by atoms with Crippen LogP contribution in [0.3, 0.4) is 0 Å². The van der Waals surface area contributed by atoms with Gasteiger partial charge in [0.2, 0.25) is 5.78 Å². The number of ketones is 2. The quantitative estimate of drug-likeness (QED) is 0.197. The summed E-state index contributed by atoms with van der Waals surface area (Å²) in [6.07, 6.45) is -0.867. The zero-order chi connectivity index (χ0) is 35.4. The number of carboxylic acid groups (broad SMARTS) is 1. The number of rotatable bonds is 12. The molecule has 0 spiro atoms. The minimum Gasteiger partial charge on any atom is -0.481 e. The van der Waals surface area contributed by atoms with Crippen molar-refractivity contribution in [3.8, 4) is 0 Å². The number of hydrogen-bond acceptors (Lipinski definition) is 10. The van der Waals surface area contributed by atoms with Gasteiger partial charge in [0.25, 0.3) is 0 Å². The standard InChI is InChI=1S/C34H47F2NO9S2/c1-7-8-28-45-26-15-20-21-14-23(35)22-13-19(38)9-10-31(22,4)33(21,36)24(39)16-32(20,5)34(26,46-28)25(40)18-44-29(43)37(6)11-12-47-48-30(2,3)17-27(41)42/h9-10,13,20-21,23-24,26,28,39H,7-8,11-12,14-18H2,1-6H3,(H,41,42)/t20-,21-,23-,24-,26+,28?,31-,32-,33-,34+/m0/s1. The Morgan fingerprint density at radius 3 is 2.58 bits per heavy atom. The Bertz CT molecular complexity index is 1390. The second kappa shape index (κ2) is 13.3. The van der Waals surface area contributed by atoms with Gasteiger partial charge in [0, 0.05) is 40.8 Å². The SMILES string of the molecule is CCCC1O[C@@H]2C[C@H]3[C@@H]4C[C@H](F)C5=CC(=O)C=C[C@]5(C)[C@@]4(F)[C@@H](O)C[C@]3(C)[C@]2(C(=O)COC(=O)N(C)CCSSC(C)(C)CC(=O)O)O1. The number of halogens is 2. The van der Waals surface area contributed by atoms with Gasteiger partial charge >= 0.3 is 12.1 Å². The van der Waals surface area contributed by atoms with E-state index in [2.05, 4.69) is 0 Å². The van der Waals surface area contributed by atoms with Crippen molar-refractivity contribution < 1.29 is 52.4 Å². The molecule has 0 aromatic carbocycles. The number of aliphatic hydroxyl groups is 1. The molecule has 5 aliphatic rings. The van der Waals surface area contributed by atoms with Crippen molar-refractivity contribution in [2.75, 3.05) is 26.0 Å². The average molecular weight is 716 g/mol. The van der Waals surface area contributed by atoms with Gasteiger partial charge in [0.1, 0.15) is 6.17 Å². The van der Waals surface area contributed by atoms with E-state index >= 15 is 8.78 Å². The highest BCUT2D eigenvalue weighted by molar-refractivity contribution is 8.77. The van der Waals surface area contributed by atoms with E-state index in [0.717, 1.165) is 6.08 Å². The fourth-order valence-electron chi connectivity index (χ4n) is 9.09.